The zero-order valence-corrected chi connectivity index (χ0v) is 15.4. The molecular weight excluding hydrogens is 356 g/mol. The van der Waals surface area contributed by atoms with Crippen LogP contribution in [0.5, 0.6) is 0 Å². The van der Waals surface area contributed by atoms with Gasteiger partial charge in [0.05, 0.1) is 30.8 Å². The molecule has 0 saturated carbocycles. The lowest BCUT2D eigenvalue weighted by molar-refractivity contribution is -0.169. The van der Waals surface area contributed by atoms with E-state index >= 15 is 0 Å². The molecule has 3 amide bonds. The molecule has 1 heterocycles. The highest BCUT2D eigenvalue weighted by molar-refractivity contribution is 6.20. The summed E-state index contributed by atoms with van der Waals surface area (Å²) in [7, 11) is 0. The Bertz CT molecular complexity index is 704. The highest BCUT2D eigenvalue weighted by Crippen LogP contribution is 2.22. The van der Waals surface area contributed by atoms with Crippen LogP contribution in [0.15, 0.2) is 24.3 Å². The molecule has 0 fully saturated rings. The SMILES string of the molecule is CC(C)(C)OC(=O)NCCOCCC(=O)ON1C(=O)c2ccccc2C1=O. The van der Waals surface area contributed by atoms with E-state index in [-0.39, 0.29) is 37.3 Å². The molecule has 0 radical (unpaired) electrons. The van der Waals surface area contributed by atoms with Crippen molar-refractivity contribution in [2.45, 2.75) is 32.8 Å². The number of imide groups is 1. The van der Waals surface area contributed by atoms with Crippen molar-refractivity contribution in [1.82, 2.24) is 10.4 Å². The summed E-state index contributed by atoms with van der Waals surface area (Å²) in [6, 6.07) is 6.22. The van der Waals surface area contributed by atoms with Gasteiger partial charge in [0, 0.05) is 6.54 Å². The maximum atomic E-state index is 12.1. The second-order valence-electron chi connectivity index (χ2n) is 6.70. The summed E-state index contributed by atoms with van der Waals surface area (Å²) in [5.74, 6) is -2.12. The number of nitrogens with one attached hydrogen (secondary N) is 1. The van der Waals surface area contributed by atoms with Crippen LogP contribution in [-0.2, 0) is 19.1 Å². The molecule has 1 N–H and O–H groups in total. The summed E-state index contributed by atoms with van der Waals surface area (Å²) < 4.78 is 10.3. The molecule has 9 heteroatoms. The van der Waals surface area contributed by atoms with Gasteiger partial charge in [-0.15, -0.1) is 0 Å². The van der Waals surface area contributed by atoms with E-state index < -0.39 is 29.5 Å². The smallest absolute Gasteiger partial charge is 0.407 e. The predicted octanol–water partition coefficient (Wildman–Crippen LogP) is 1.67. The average Bonchev–Trinajstić information content (AvgIpc) is 2.82. The molecular formula is C18H22N2O7. The standard InChI is InChI=1S/C18H22N2O7/c1-18(2,3)26-17(24)19-9-11-25-10-8-14(21)27-20-15(22)12-6-4-5-7-13(12)16(20)23/h4-7H,8-11H2,1-3H3,(H,19,24). The summed E-state index contributed by atoms with van der Waals surface area (Å²) in [4.78, 5) is 52.2. The van der Waals surface area contributed by atoms with Crippen molar-refractivity contribution in [3.63, 3.8) is 0 Å². The number of hydrogen-bond donors (Lipinski definition) is 1. The van der Waals surface area contributed by atoms with Gasteiger partial charge in [-0.1, -0.05) is 17.2 Å². The van der Waals surface area contributed by atoms with E-state index in [1.165, 1.54) is 12.1 Å². The Morgan fingerprint density at radius 2 is 1.63 bits per heavy atom. The highest BCUT2D eigenvalue weighted by atomic mass is 16.7. The van der Waals surface area contributed by atoms with Gasteiger partial charge in [0.1, 0.15) is 5.60 Å². The van der Waals surface area contributed by atoms with E-state index in [1.807, 2.05) is 0 Å². The van der Waals surface area contributed by atoms with Crippen molar-refractivity contribution in [1.29, 1.82) is 0 Å². The Labute approximate surface area is 156 Å². The van der Waals surface area contributed by atoms with E-state index in [1.54, 1.807) is 32.9 Å². The number of carbonyl (C=O) groups excluding carboxylic acids is 4. The summed E-state index contributed by atoms with van der Waals surface area (Å²) in [6.07, 6.45) is -0.712. The van der Waals surface area contributed by atoms with Crippen molar-refractivity contribution in [3.05, 3.63) is 35.4 Å². The predicted molar refractivity (Wildman–Crippen MR) is 92.7 cm³/mol. The number of nitrogens with zero attached hydrogens (tertiary/aromatic N) is 1. The molecule has 146 valence electrons. The average molecular weight is 378 g/mol. The van der Waals surface area contributed by atoms with Crippen LogP contribution in [0.2, 0.25) is 0 Å². The van der Waals surface area contributed by atoms with Crippen LogP contribution in [-0.4, -0.2) is 54.3 Å². The van der Waals surface area contributed by atoms with Gasteiger partial charge in [0.15, 0.2) is 0 Å². The number of amides is 3. The molecule has 9 nitrogen and oxygen atoms in total. The number of benzene rings is 1. The van der Waals surface area contributed by atoms with Crippen molar-refractivity contribution < 1.29 is 33.5 Å². The first kappa shape index (κ1) is 20.4. The van der Waals surface area contributed by atoms with Gasteiger partial charge in [-0.3, -0.25) is 9.59 Å². The van der Waals surface area contributed by atoms with Crippen LogP contribution in [0.3, 0.4) is 0 Å². The molecule has 0 aliphatic carbocycles. The fourth-order valence-electron chi connectivity index (χ4n) is 2.19. The van der Waals surface area contributed by atoms with Crippen LogP contribution >= 0.6 is 0 Å². The lowest BCUT2D eigenvalue weighted by Crippen LogP contribution is -2.34. The van der Waals surface area contributed by atoms with Gasteiger partial charge in [0.2, 0.25) is 0 Å². The summed E-state index contributed by atoms with van der Waals surface area (Å²) in [6.45, 7) is 5.65. The molecule has 2 rings (SSSR count). The molecule has 1 aromatic carbocycles. The van der Waals surface area contributed by atoms with Gasteiger partial charge < -0.3 is 19.6 Å². The van der Waals surface area contributed by atoms with Crippen molar-refractivity contribution in [2.24, 2.45) is 0 Å². The molecule has 0 spiro atoms. The quantitative estimate of drug-likeness (QED) is 0.567. The van der Waals surface area contributed by atoms with E-state index in [9.17, 15) is 19.2 Å². The minimum atomic E-state index is -0.774. The highest BCUT2D eigenvalue weighted by Gasteiger charge is 2.38. The second-order valence-corrected chi connectivity index (χ2v) is 6.70. The van der Waals surface area contributed by atoms with Crippen LogP contribution in [0.4, 0.5) is 4.79 Å². The lowest BCUT2D eigenvalue weighted by Gasteiger charge is -2.19. The third-order valence-electron chi connectivity index (χ3n) is 3.32. The minimum Gasteiger partial charge on any atom is -0.444 e. The molecule has 0 unspecified atom stereocenters. The molecule has 1 aliphatic rings. The van der Waals surface area contributed by atoms with Gasteiger partial charge in [0.25, 0.3) is 11.8 Å². The minimum absolute atomic E-state index is 0.0119. The fourth-order valence-corrected chi connectivity index (χ4v) is 2.19. The number of fused-ring (bicyclic) bond motifs is 1. The third kappa shape index (κ3) is 5.78. The Balaban J connectivity index is 1.64. The van der Waals surface area contributed by atoms with Crippen molar-refractivity contribution in [2.75, 3.05) is 19.8 Å². The first-order chi connectivity index (χ1) is 12.7. The normalized spacial score (nSPS) is 13.4. The lowest BCUT2D eigenvalue weighted by atomic mass is 10.1. The monoisotopic (exact) mass is 378 g/mol. The summed E-state index contributed by atoms with van der Waals surface area (Å²) >= 11 is 0. The maximum Gasteiger partial charge on any atom is 0.407 e. The van der Waals surface area contributed by atoms with Crippen molar-refractivity contribution in [3.8, 4) is 0 Å². The topological polar surface area (TPSA) is 111 Å². The van der Waals surface area contributed by atoms with Crippen molar-refractivity contribution >= 4 is 23.9 Å². The zero-order valence-electron chi connectivity index (χ0n) is 15.4. The summed E-state index contributed by atoms with van der Waals surface area (Å²) in [5, 5.41) is 2.96. The Morgan fingerprint density at radius 3 is 2.19 bits per heavy atom. The number of carbonyl (C=O) groups is 4. The summed E-state index contributed by atoms with van der Waals surface area (Å²) in [5.41, 5.74) is -0.196. The Morgan fingerprint density at radius 1 is 1.04 bits per heavy atom. The van der Waals surface area contributed by atoms with Gasteiger partial charge >= 0.3 is 12.1 Å². The first-order valence-corrected chi connectivity index (χ1v) is 8.42. The number of rotatable bonds is 7. The third-order valence-corrected chi connectivity index (χ3v) is 3.32. The number of alkyl carbamates (subject to hydrolysis) is 1. The molecule has 0 aromatic heterocycles. The van der Waals surface area contributed by atoms with E-state index in [0.717, 1.165) is 0 Å². The van der Waals surface area contributed by atoms with Gasteiger partial charge in [-0.25, -0.2) is 9.59 Å². The van der Waals surface area contributed by atoms with Crippen LogP contribution in [0.1, 0.15) is 47.9 Å². The Kier molecular flexibility index (Phi) is 6.51. The maximum absolute atomic E-state index is 12.1. The molecule has 1 aromatic rings. The molecule has 0 saturated heterocycles. The molecule has 27 heavy (non-hydrogen) atoms. The van der Waals surface area contributed by atoms with E-state index in [4.69, 9.17) is 14.3 Å². The van der Waals surface area contributed by atoms with Crippen LogP contribution in [0.25, 0.3) is 0 Å². The van der Waals surface area contributed by atoms with Gasteiger partial charge in [-0.2, -0.15) is 0 Å². The fraction of sp³-hybridized carbons (Fsp3) is 0.444. The first-order valence-electron chi connectivity index (χ1n) is 8.42. The Hall–Kier alpha value is -2.94. The second kappa shape index (κ2) is 8.63. The molecule has 0 atom stereocenters. The zero-order chi connectivity index (χ0) is 20.0. The number of hydrogen-bond acceptors (Lipinski definition) is 7. The van der Waals surface area contributed by atoms with Crippen LogP contribution in [0, 0.1) is 0 Å². The van der Waals surface area contributed by atoms with Gasteiger partial charge in [-0.05, 0) is 32.9 Å². The molecule has 1 aliphatic heterocycles. The largest absolute Gasteiger partial charge is 0.444 e. The van der Waals surface area contributed by atoms with E-state index in [0.29, 0.717) is 5.06 Å². The van der Waals surface area contributed by atoms with Crippen LogP contribution < -0.4 is 5.32 Å². The number of hydroxylamine groups is 2. The molecule has 0 bridgehead atoms. The number of ether oxygens (including phenoxy) is 2. The van der Waals surface area contributed by atoms with E-state index in [2.05, 4.69) is 5.32 Å².